The lowest BCUT2D eigenvalue weighted by Gasteiger charge is -2.15. The number of aliphatic hydroxyl groups is 1. The average Bonchev–Trinajstić information content (AvgIpc) is 2.88. The maximum absolute atomic E-state index is 7.57. The largest absolute Gasteiger partial charge is 0.494 e. The van der Waals surface area contributed by atoms with E-state index in [9.17, 15) is 0 Å². The third-order valence-corrected chi connectivity index (χ3v) is 5.13. The van der Waals surface area contributed by atoms with Gasteiger partial charge in [0.05, 0.1) is 13.2 Å². The van der Waals surface area contributed by atoms with Gasteiger partial charge in [0.15, 0.2) is 0 Å². The van der Waals surface area contributed by atoms with Gasteiger partial charge in [-0.15, -0.1) is 0 Å². The Labute approximate surface area is 191 Å². The van der Waals surface area contributed by atoms with Crippen LogP contribution in [0, 0.1) is 6.92 Å². The number of fused-ring (bicyclic) bond motifs is 3. The summed E-state index contributed by atoms with van der Waals surface area (Å²) in [6.07, 6.45) is 4.43. The van der Waals surface area contributed by atoms with Gasteiger partial charge in [0.1, 0.15) is 11.5 Å². The fourth-order valence-corrected chi connectivity index (χ4v) is 3.55. The minimum atomic E-state index is 0.250. The molecular weight excluding hydrogens is 475 g/mol. The predicted octanol–water partition coefficient (Wildman–Crippen LogP) is 7.13. The summed E-state index contributed by atoms with van der Waals surface area (Å²) in [7, 11) is 0. The summed E-state index contributed by atoms with van der Waals surface area (Å²) in [6.45, 7) is 12.1. The standard InChI is InChI=1S/C20H23IO2.C3H8.C2H6O/c1-3-4-8-22-17-10-14(2)20-16(12-17)7-9-23-19-6-5-15(13-21)11-18(19)20;1-3-2;1-2-3/h5-6,10-12H,3-4,7-9,13H2,1-2H3;3H2,1-2H3;3H,2H2,1H3. The van der Waals surface area contributed by atoms with Gasteiger partial charge in [0.2, 0.25) is 0 Å². The first kappa shape index (κ1) is 25.8. The summed E-state index contributed by atoms with van der Waals surface area (Å²) >= 11 is 2.41. The van der Waals surface area contributed by atoms with Crippen LogP contribution in [0.2, 0.25) is 0 Å². The van der Waals surface area contributed by atoms with E-state index >= 15 is 0 Å². The molecular formula is C25H37IO3. The molecule has 1 heterocycles. The molecule has 0 atom stereocenters. The van der Waals surface area contributed by atoms with Gasteiger partial charge in [-0.05, 0) is 66.8 Å². The molecule has 162 valence electrons. The quantitative estimate of drug-likeness (QED) is 0.263. The second-order valence-electron chi connectivity index (χ2n) is 7.06. The van der Waals surface area contributed by atoms with Crippen molar-refractivity contribution in [3.63, 3.8) is 0 Å². The van der Waals surface area contributed by atoms with Crippen molar-refractivity contribution in [3.8, 4) is 22.6 Å². The van der Waals surface area contributed by atoms with E-state index < -0.39 is 0 Å². The first-order valence-electron chi connectivity index (χ1n) is 10.7. The Hall–Kier alpha value is -1.27. The molecule has 0 bridgehead atoms. The van der Waals surface area contributed by atoms with Crippen molar-refractivity contribution in [2.24, 2.45) is 0 Å². The zero-order valence-electron chi connectivity index (χ0n) is 18.7. The third-order valence-electron chi connectivity index (χ3n) is 4.25. The summed E-state index contributed by atoms with van der Waals surface area (Å²) in [4.78, 5) is 0. The summed E-state index contributed by atoms with van der Waals surface area (Å²) in [5.41, 5.74) is 6.49. The number of hydrogen-bond donors (Lipinski definition) is 1. The van der Waals surface area contributed by atoms with Gasteiger partial charge in [-0.1, -0.05) is 62.3 Å². The van der Waals surface area contributed by atoms with E-state index in [1.165, 1.54) is 34.2 Å². The monoisotopic (exact) mass is 512 g/mol. The molecule has 3 nitrogen and oxygen atoms in total. The highest BCUT2D eigenvalue weighted by atomic mass is 127. The fraction of sp³-hybridized carbons (Fsp3) is 0.520. The molecule has 2 aromatic carbocycles. The van der Waals surface area contributed by atoms with Crippen molar-refractivity contribution in [3.05, 3.63) is 47.0 Å². The maximum Gasteiger partial charge on any atom is 0.127 e. The van der Waals surface area contributed by atoms with E-state index in [-0.39, 0.29) is 6.61 Å². The second kappa shape index (κ2) is 14.7. The Morgan fingerprint density at radius 3 is 2.41 bits per heavy atom. The number of aliphatic hydroxyl groups excluding tert-OH is 1. The second-order valence-corrected chi connectivity index (χ2v) is 7.83. The first-order chi connectivity index (χ1) is 14.1. The average molecular weight is 512 g/mol. The number of benzene rings is 2. The van der Waals surface area contributed by atoms with Crippen LogP contribution in [-0.2, 0) is 10.8 Å². The van der Waals surface area contributed by atoms with Crippen LogP contribution in [0.5, 0.6) is 11.5 Å². The zero-order chi connectivity index (χ0) is 21.6. The van der Waals surface area contributed by atoms with Crippen molar-refractivity contribution in [1.82, 2.24) is 0 Å². The SMILES string of the molecule is CCC.CCCCOc1cc(C)c2c(c1)CCOc1ccc(CI)cc1-2.CCO. The summed E-state index contributed by atoms with van der Waals surface area (Å²) in [5.74, 6) is 1.99. The molecule has 29 heavy (non-hydrogen) atoms. The molecule has 1 N–H and O–H groups in total. The normalized spacial score (nSPS) is 11.4. The van der Waals surface area contributed by atoms with E-state index in [1.807, 2.05) is 0 Å². The molecule has 0 saturated carbocycles. The molecule has 0 amide bonds. The minimum Gasteiger partial charge on any atom is -0.494 e. The molecule has 0 saturated heterocycles. The van der Waals surface area contributed by atoms with Crippen LogP contribution >= 0.6 is 22.6 Å². The van der Waals surface area contributed by atoms with E-state index in [1.54, 1.807) is 6.92 Å². The molecule has 0 fully saturated rings. The number of halogens is 1. The van der Waals surface area contributed by atoms with Crippen molar-refractivity contribution < 1.29 is 14.6 Å². The number of aryl methyl sites for hydroxylation is 1. The fourth-order valence-electron chi connectivity index (χ4n) is 3.08. The smallest absolute Gasteiger partial charge is 0.127 e. The molecule has 0 spiro atoms. The Balaban J connectivity index is 0.000000626. The van der Waals surface area contributed by atoms with Gasteiger partial charge in [-0.3, -0.25) is 0 Å². The van der Waals surface area contributed by atoms with Crippen LogP contribution < -0.4 is 9.47 Å². The number of hydrogen-bond acceptors (Lipinski definition) is 3. The van der Waals surface area contributed by atoms with E-state index in [0.717, 1.165) is 48.4 Å². The maximum atomic E-state index is 7.57. The Morgan fingerprint density at radius 1 is 1.10 bits per heavy atom. The molecule has 3 rings (SSSR count). The first-order valence-corrected chi connectivity index (χ1v) is 12.3. The van der Waals surface area contributed by atoms with Gasteiger partial charge in [-0.25, -0.2) is 0 Å². The number of alkyl halides is 1. The summed E-state index contributed by atoms with van der Waals surface area (Å²) in [6, 6.07) is 10.9. The van der Waals surface area contributed by atoms with Gasteiger partial charge < -0.3 is 14.6 Å². The van der Waals surface area contributed by atoms with Crippen molar-refractivity contribution in [1.29, 1.82) is 0 Å². The van der Waals surface area contributed by atoms with Crippen LogP contribution in [0.1, 0.15) is 63.6 Å². The summed E-state index contributed by atoms with van der Waals surface area (Å²) in [5, 5.41) is 7.57. The van der Waals surface area contributed by atoms with E-state index in [4.69, 9.17) is 14.6 Å². The Kier molecular flexibility index (Phi) is 13.0. The van der Waals surface area contributed by atoms with E-state index in [0.29, 0.717) is 0 Å². The number of rotatable bonds is 5. The lowest BCUT2D eigenvalue weighted by atomic mass is 9.92. The summed E-state index contributed by atoms with van der Waals surface area (Å²) < 4.78 is 12.9. The van der Waals surface area contributed by atoms with Crippen LogP contribution in [0.25, 0.3) is 11.1 Å². The number of unbranched alkanes of at least 4 members (excludes halogenated alkanes) is 1. The van der Waals surface area contributed by atoms with Crippen LogP contribution in [-0.4, -0.2) is 24.9 Å². The highest BCUT2D eigenvalue weighted by molar-refractivity contribution is 14.1. The highest BCUT2D eigenvalue weighted by Gasteiger charge is 2.19. The number of ether oxygens (including phenoxy) is 2. The van der Waals surface area contributed by atoms with Crippen LogP contribution in [0.3, 0.4) is 0 Å². The van der Waals surface area contributed by atoms with E-state index in [2.05, 4.69) is 80.6 Å². The van der Waals surface area contributed by atoms with Crippen LogP contribution in [0.15, 0.2) is 30.3 Å². The van der Waals surface area contributed by atoms with Crippen molar-refractivity contribution >= 4 is 22.6 Å². The van der Waals surface area contributed by atoms with Gasteiger partial charge in [0.25, 0.3) is 0 Å². The third kappa shape index (κ3) is 8.17. The van der Waals surface area contributed by atoms with Gasteiger partial charge >= 0.3 is 0 Å². The topological polar surface area (TPSA) is 38.7 Å². The highest BCUT2D eigenvalue weighted by Crippen LogP contribution is 2.40. The minimum absolute atomic E-state index is 0.250. The van der Waals surface area contributed by atoms with Gasteiger partial charge in [0, 0.05) is 23.0 Å². The molecule has 1 aliphatic rings. The molecule has 0 radical (unpaired) electrons. The molecule has 2 aromatic rings. The molecule has 0 aromatic heterocycles. The Morgan fingerprint density at radius 2 is 1.79 bits per heavy atom. The van der Waals surface area contributed by atoms with Crippen molar-refractivity contribution in [2.45, 2.75) is 64.7 Å². The molecule has 1 aliphatic heterocycles. The zero-order valence-corrected chi connectivity index (χ0v) is 20.8. The lowest BCUT2D eigenvalue weighted by Crippen LogP contribution is -2.01. The van der Waals surface area contributed by atoms with Gasteiger partial charge in [-0.2, -0.15) is 0 Å². The molecule has 0 unspecified atom stereocenters. The Bertz CT molecular complexity index is 726. The molecule has 4 heteroatoms. The molecule has 0 aliphatic carbocycles. The van der Waals surface area contributed by atoms with Crippen molar-refractivity contribution in [2.75, 3.05) is 19.8 Å². The van der Waals surface area contributed by atoms with Crippen LogP contribution in [0.4, 0.5) is 0 Å². The predicted molar refractivity (Wildman–Crippen MR) is 133 cm³/mol. The lowest BCUT2D eigenvalue weighted by molar-refractivity contribution is 0.308.